The highest BCUT2D eigenvalue weighted by atomic mass is 32.2. The standard InChI is InChI=1S/C12H15NO4S/c1-12(7-8-12)13-18(15,16)10-6-4-3-5-9(10)11(14)17-2/h3-6,13H,7-8H2,1-2H3. The Morgan fingerprint density at radius 2 is 1.94 bits per heavy atom. The molecule has 0 aliphatic heterocycles. The van der Waals surface area contributed by atoms with Gasteiger partial charge in [-0.05, 0) is 31.9 Å². The van der Waals surface area contributed by atoms with E-state index in [4.69, 9.17) is 0 Å². The summed E-state index contributed by atoms with van der Waals surface area (Å²) in [5.74, 6) is -0.656. The fourth-order valence-corrected chi connectivity index (χ4v) is 3.31. The van der Waals surface area contributed by atoms with E-state index >= 15 is 0 Å². The lowest BCUT2D eigenvalue weighted by Crippen LogP contribution is -2.35. The number of ether oxygens (including phenoxy) is 1. The number of nitrogens with one attached hydrogen (secondary N) is 1. The van der Waals surface area contributed by atoms with Crippen molar-refractivity contribution in [1.82, 2.24) is 4.72 Å². The van der Waals surface area contributed by atoms with Gasteiger partial charge in [-0.15, -0.1) is 0 Å². The normalized spacial score (nSPS) is 17.2. The van der Waals surface area contributed by atoms with Gasteiger partial charge in [-0.3, -0.25) is 0 Å². The Morgan fingerprint density at radius 1 is 1.33 bits per heavy atom. The predicted molar refractivity (Wildman–Crippen MR) is 65.7 cm³/mol. The Morgan fingerprint density at radius 3 is 2.50 bits per heavy atom. The molecule has 0 amide bonds. The number of hydrogen-bond donors (Lipinski definition) is 1. The summed E-state index contributed by atoms with van der Waals surface area (Å²) >= 11 is 0. The van der Waals surface area contributed by atoms with Crippen LogP contribution in [0.4, 0.5) is 0 Å². The van der Waals surface area contributed by atoms with Gasteiger partial charge in [0.25, 0.3) is 0 Å². The molecule has 0 bridgehead atoms. The quantitative estimate of drug-likeness (QED) is 0.836. The minimum atomic E-state index is -3.69. The Bertz CT molecular complexity index is 575. The van der Waals surface area contributed by atoms with Crippen LogP contribution in [0.3, 0.4) is 0 Å². The van der Waals surface area contributed by atoms with Gasteiger partial charge in [0.2, 0.25) is 10.0 Å². The maximum atomic E-state index is 12.2. The molecule has 0 saturated heterocycles. The van der Waals surface area contributed by atoms with E-state index in [0.29, 0.717) is 0 Å². The summed E-state index contributed by atoms with van der Waals surface area (Å²) in [5, 5.41) is 0. The molecule has 0 unspecified atom stereocenters. The van der Waals surface area contributed by atoms with Gasteiger partial charge >= 0.3 is 5.97 Å². The van der Waals surface area contributed by atoms with E-state index in [-0.39, 0.29) is 16.0 Å². The molecule has 2 rings (SSSR count). The molecule has 1 aromatic rings. The Balaban J connectivity index is 2.41. The first-order valence-electron chi connectivity index (χ1n) is 5.59. The van der Waals surface area contributed by atoms with Crippen LogP contribution < -0.4 is 4.72 Å². The van der Waals surface area contributed by atoms with Crippen LogP contribution in [0.25, 0.3) is 0 Å². The van der Waals surface area contributed by atoms with Crippen molar-refractivity contribution in [1.29, 1.82) is 0 Å². The van der Waals surface area contributed by atoms with E-state index in [2.05, 4.69) is 9.46 Å². The number of carbonyl (C=O) groups excluding carboxylic acids is 1. The van der Waals surface area contributed by atoms with Gasteiger partial charge < -0.3 is 4.74 Å². The fourth-order valence-electron chi connectivity index (χ4n) is 1.65. The van der Waals surface area contributed by atoms with E-state index in [9.17, 15) is 13.2 Å². The van der Waals surface area contributed by atoms with Crippen LogP contribution in [0.2, 0.25) is 0 Å². The van der Waals surface area contributed by atoms with Crippen molar-refractivity contribution in [3.63, 3.8) is 0 Å². The Kier molecular flexibility index (Phi) is 3.16. The lowest BCUT2D eigenvalue weighted by Gasteiger charge is -2.14. The molecule has 1 N–H and O–H groups in total. The average molecular weight is 269 g/mol. The molecule has 0 atom stereocenters. The zero-order valence-electron chi connectivity index (χ0n) is 10.3. The zero-order chi connectivity index (χ0) is 13.4. The minimum Gasteiger partial charge on any atom is -0.465 e. The van der Waals surface area contributed by atoms with Crippen molar-refractivity contribution in [2.24, 2.45) is 0 Å². The second-order valence-corrected chi connectivity index (χ2v) is 6.30. The van der Waals surface area contributed by atoms with E-state index in [0.717, 1.165) is 12.8 Å². The summed E-state index contributed by atoms with van der Waals surface area (Å²) in [6, 6.07) is 6.02. The number of methoxy groups -OCH3 is 1. The van der Waals surface area contributed by atoms with E-state index in [1.165, 1.54) is 19.2 Å². The van der Waals surface area contributed by atoms with Crippen molar-refractivity contribution < 1.29 is 17.9 Å². The first-order valence-corrected chi connectivity index (χ1v) is 7.08. The highest BCUT2D eigenvalue weighted by Gasteiger charge is 2.42. The maximum absolute atomic E-state index is 12.2. The van der Waals surface area contributed by atoms with E-state index < -0.39 is 16.0 Å². The molecule has 1 aromatic carbocycles. The summed E-state index contributed by atoms with van der Waals surface area (Å²) in [5.41, 5.74) is -0.320. The van der Waals surface area contributed by atoms with Crippen LogP contribution in [-0.2, 0) is 14.8 Å². The smallest absolute Gasteiger partial charge is 0.339 e. The van der Waals surface area contributed by atoms with Gasteiger partial charge in [-0.2, -0.15) is 0 Å². The third-order valence-corrected chi connectivity index (χ3v) is 4.66. The molecule has 18 heavy (non-hydrogen) atoms. The van der Waals surface area contributed by atoms with Crippen molar-refractivity contribution in [3.8, 4) is 0 Å². The van der Waals surface area contributed by atoms with Crippen molar-refractivity contribution in [2.45, 2.75) is 30.2 Å². The molecule has 6 heteroatoms. The summed E-state index contributed by atoms with van der Waals surface area (Å²) in [6.07, 6.45) is 1.62. The molecular weight excluding hydrogens is 254 g/mol. The van der Waals surface area contributed by atoms with E-state index in [1.807, 2.05) is 6.92 Å². The topological polar surface area (TPSA) is 72.5 Å². The number of carbonyl (C=O) groups is 1. The highest BCUT2D eigenvalue weighted by molar-refractivity contribution is 7.89. The maximum Gasteiger partial charge on any atom is 0.339 e. The molecule has 1 fully saturated rings. The molecular formula is C12H15NO4S. The molecule has 98 valence electrons. The fraction of sp³-hybridized carbons (Fsp3) is 0.417. The van der Waals surface area contributed by atoms with Crippen LogP contribution in [0, 0.1) is 0 Å². The number of rotatable bonds is 4. The number of esters is 1. The van der Waals surface area contributed by atoms with Gasteiger partial charge in [0.15, 0.2) is 0 Å². The minimum absolute atomic E-state index is 0.0371. The van der Waals surface area contributed by atoms with Crippen molar-refractivity contribution in [2.75, 3.05) is 7.11 Å². The average Bonchev–Trinajstić information content (AvgIpc) is 3.04. The summed E-state index contributed by atoms with van der Waals surface area (Å²) < 4.78 is 31.6. The Hall–Kier alpha value is -1.40. The second kappa shape index (κ2) is 4.37. The molecule has 0 spiro atoms. The van der Waals surface area contributed by atoms with E-state index in [1.54, 1.807) is 12.1 Å². The molecule has 1 aliphatic rings. The molecule has 1 aliphatic carbocycles. The highest BCUT2D eigenvalue weighted by Crippen LogP contribution is 2.36. The Labute approximate surface area is 106 Å². The largest absolute Gasteiger partial charge is 0.465 e. The van der Waals surface area contributed by atoms with Crippen LogP contribution in [0.15, 0.2) is 29.2 Å². The number of benzene rings is 1. The molecule has 5 nitrogen and oxygen atoms in total. The van der Waals surface area contributed by atoms with Crippen LogP contribution in [-0.4, -0.2) is 27.0 Å². The number of sulfonamides is 1. The zero-order valence-corrected chi connectivity index (χ0v) is 11.1. The SMILES string of the molecule is COC(=O)c1ccccc1S(=O)(=O)NC1(C)CC1. The molecule has 0 heterocycles. The molecule has 1 saturated carbocycles. The van der Waals surface area contributed by atoms with Crippen LogP contribution in [0.5, 0.6) is 0 Å². The van der Waals surface area contributed by atoms with Gasteiger partial charge in [-0.1, -0.05) is 12.1 Å². The monoisotopic (exact) mass is 269 g/mol. The first-order chi connectivity index (χ1) is 8.38. The first kappa shape index (κ1) is 13.0. The number of hydrogen-bond acceptors (Lipinski definition) is 4. The lowest BCUT2D eigenvalue weighted by atomic mass is 10.2. The van der Waals surface area contributed by atoms with Gasteiger partial charge in [0.1, 0.15) is 0 Å². The summed E-state index contributed by atoms with van der Waals surface area (Å²) in [6.45, 7) is 1.84. The summed E-state index contributed by atoms with van der Waals surface area (Å²) in [7, 11) is -2.47. The van der Waals surface area contributed by atoms with Gasteiger partial charge in [-0.25, -0.2) is 17.9 Å². The third kappa shape index (κ3) is 2.54. The molecule has 0 radical (unpaired) electrons. The molecule has 0 aromatic heterocycles. The predicted octanol–water partition coefficient (Wildman–Crippen LogP) is 1.30. The third-order valence-electron chi connectivity index (χ3n) is 2.96. The van der Waals surface area contributed by atoms with Gasteiger partial charge in [0.05, 0.1) is 17.6 Å². The van der Waals surface area contributed by atoms with Crippen LogP contribution >= 0.6 is 0 Å². The van der Waals surface area contributed by atoms with Crippen molar-refractivity contribution >= 4 is 16.0 Å². The van der Waals surface area contributed by atoms with Crippen molar-refractivity contribution in [3.05, 3.63) is 29.8 Å². The lowest BCUT2D eigenvalue weighted by molar-refractivity contribution is 0.0596. The summed E-state index contributed by atoms with van der Waals surface area (Å²) in [4.78, 5) is 11.5. The van der Waals surface area contributed by atoms with Gasteiger partial charge in [0, 0.05) is 5.54 Å². The second-order valence-electron chi connectivity index (χ2n) is 4.65. The van der Waals surface area contributed by atoms with Crippen LogP contribution in [0.1, 0.15) is 30.1 Å².